The highest BCUT2D eigenvalue weighted by molar-refractivity contribution is 6.31. The van der Waals surface area contributed by atoms with Crippen molar-refractivity contribution >= 4 is 29.9 Å². The highest BCUT2D eigenvalue weighted by Gasteiger charge is 2.20. The number of amides is 1. The van der Waals surface area contributed by atoms with Crippen LogP contribution in [0.4, 0.5) is 0 Å². The van der Waals surface area contributed by atoms with Crippen LogP contribution >= 0.6 is 24.0 Å². The number of carbonyl (C=O) groups is 1. The molecule has 106 valence electrons. The maximum atomic E-state index is 11.5. The van der Waals surface area contributed by atoms with E-state index in [1.165, 1.54) is 12.8 Å². The molecule has 2 N–H and O–H groups in total. The molecule has 0 heterocycles. The maximum Gasteiger partial charge on any atom is 0.233 e. The first kappa shape index (κ1) is 16.3. The average molecular weight is 303 g/mol. The summed E-state index contributed by atoms with van der Waals surface area (Å²) in [4.78, 5) is 11.5. The molecule has 0 saturated heterocycles. The molecule has 1 amide bonds. The van der Waals surface area contributed by atoms with Gasteiger partial charge in [-0.15, -0.1) is 12.4 Å². The van der Waals surface area contributed by atoms with Gasteiger partial charge in [-0.1, -0.05) is 29.8 Å². The molecule has 0 atom stereocenters. The third kappa shape index (κ3) is 6.28. The van der Waals surface area contributed by atoms with E-state index in [1.807, 2.05) is 24.3 Å². The van der Waals surface area contributed by atoms with Crippen LogP contribution in [0.25, 0.3) is 0 Å². The van der Waals surface area contributed by atoms with Crippen molar-refractivity contribution in [3.63, 3.8) is 0 Å². The van der Waals surface area contributed by atoms with Gasteiger partial charge in [-0.3, -0.25) is 4.79 Å². The molecule has 0 radical (unpaired) electrons. The van der Waals surface area contributed by atoms with Gasteiger partial charge in [0.05, 0.1) is 6.54 Å². The second-order valence-corrected chi connectivity index (χ2v) is 5.17. The van der Waals surface area contributed by atoms with E-state index in [9.17, 15) is 4.79 Å². The van der Waals surface area contributed by atoms with E-state index in [0.29, 0.717) is 13.1 Å². The fraction of sp³-hybridized carbons (Fsp3) is 0.500. The Morgan fingerprint density at radius 2 is 2.05 bits per heavy atom. The van der Waals surface area contributed by atoms with E-state index in [0.717, 1.165) is 29.5 Å². The molecule has 19 heavy (non-hydrogen) atoms. The SMILES string of the molecule is Cl.O=C(CNCC1CC1)NCCc1ccccc1Cl. The molecule has 1 fully saturated rings. The number of hydrogen-bond acceptors (Lipinski definition) is 2. The van der Waals surface area contributed by atoms with Crippen LogP contribution in [-0.4, -0.2) is 25.5 Å². The molecule has 3 nitrogen and oxygen atoms in total. The molecule has 1 aromatic rings. The van der Waals surface area contributed by atoms with Crippen LogP contribution in [0.3, 0.4) is 0 Å². The molecule has 0 aliphatic heterocycles. The second kappa shape index (κ2) is 8.41. The Morgan fingerprint density at radius 3 is 2.74 bits per heavy atom. The van der Waals surface area contributed by atoms with Gasteiger partial charge in [0.15, 0.2) is 0 Å². The lowest BCUT2D eigenvalue weighted by molar-refractivity contribution is -0.120. The van der Waals surface area contributed by atoms with Crippen LogP contribution in [0.1, 0.15) is 18.4 Å². The maximum absolute atomic E-state index is 11.5. The third-order valence-electron chi connectivity index (χ3n) is 3.09. The molecule has 1 aliphatic rings. The van der Waals surface area contributed by atoms with Gasteiger partial charge in [-0.2, -0.15) is 0 Å². The van der Waals surface area contributed by atoms with Crippen molar-refractivity contribution in [2.45, 2.75) is 19.3 Å². The minimum Gasteiger partial charge on any atom is -0.355 e. The van der Waals surface area contributed by atoms with Crippen molar-refractivity contribution in [3.05, 3.63) is 34.9 Å². The van der Waals surface area contributed by atoms with E-state index in [2.05, 4.69) is 10.6 Å². The summed E-state index contributed by atoms with van der Waals surface area (Å²) in [5, 5.41) is 6.82. The van der Waals surface area contributed by atoms with Crippen molar-refractivity contribution in [2.75, 3.05) is 19.6 Å². The number of halogens is 2. The summed E-state index contributed by atoms with van der Waals surface area (Å²) in [5.74, 6) is 0.864. The Balaban J connectivity index is 0.00000180. The zero-order valence-electron chi connectivity index (χ0n) is 10.8. The Labute approximate surface area is 125 Å². The highest BCUT2D eigenvalue weighted by atomic mass is 35.5. The van der Waals surface area contributed by atoms with Gasteiger partial charge in [0.2, 0.25) is 5.91 Å². The lowest BCUT2D eigenvalue weighted by Crippen LogP contribution is -2.35. The number of nitrogens with one attached hydrogen (secondary N) is 2. The fourth-order valence-corrected chi connectivity index (χ4v) is 2.04. The number of carbonyl (C=O) groups excluding carboxylic acids is 1. The lowest BCUT2D eigenvalue weighted by Gasteiger charge is -2.07. The van der Waals surface area contributed by atoms with Crippen LogP contribution in [0.2, 0.25) is 5.02 Å². The van der Waals surface area contributed by atoms with Crippen LogP contribution in [0.5, 0.6) is 0 Å². The van der Waals surface area contributed by atoms with Gasteiger partial charge in [-0.05, 0) is 43.4 Å². The van der Waals surface area contributed by atoms with Gasteiger partial charge < -0.3 is 10.6 Å². The van der Waals surface area contributed by atoms with Gasteiger partial charge in [0.1, 0.15) is 0 Å². The molecule has 1 saturated carbocycles. The summed E-state index contributed by atoms with van der Waals surface area (Å²) in [6, 6.07) is 7.72. The van der Waals surface area contributed by atoms with E-state index in [4.69, 9.17) is 11.6 Å². The van der Waals surface area contributed by atoms with E-state index < -0.39 is 0 Å². The molecule has 0 aromatic heterocycles. The molecule has 0 spiro atoms. The van der Waals surface area contributed by atoms with Crippen molar-refractivity contribution in [3.8, 4) is 0 Å². The summed E-state index contributed by atoms with van der Waals surface area (Å²) in [5.41, 5.74) is 1.07. The predicted molar refractivity (Wildman–Crippen MR) is 81.0 cm³/mol. The van der Waals surface area contributed by atoms with Crippen molar-refractivity contribution < 1.29 is 4.79 Å². The molecular weight excluding hydrogens is 283 g/mol. The molecule has 2 rings (SSSR count). The molecule has 0 unspecified atom stereocenters. The van der Waals surface area contributed by atoms with Crippen LogP contribution < -0.4 is 10.6 Å². The van der Waals surface area contributed by atoms with Gasteiger partial charge in [0, 0.05) is 11.6 Å². The largest absolute Gasteiger partial charge is 0.355 e. The molecule has 1 aliphatic carbocycles. The Bertz CT molecular complexity index is 408. The van der Waals surface area contributed by atoms with E-state index in [-0.39, 0.29) is 18.3 Å². The topological polar surface area (TPSA) is 41.1 Å². The predicted octanol–water partition coefficient (Wildman–Crippen LogP) is 2.42. The van der Waals surface area contributed by atoms with Gasteiger partial charge in [-0.25, -0.2) is 0 Å². The molecular formula is C14H20Cl2N2O. The summed E-state index contributed by atoms with van der Waals surface area (Å²) in [6.45, 7) is 2.02. The van der Waals surface area contributed by atoms with E-state index >= 15 is 0 Å². The minimum atomic E-state index is 0. The lowest BCUT2D eigenvalue weighted by atomic mass is 10.1. The first-order chi connectivity index (χ1) is 8.75. The summed E-state index contributed by atoms with van der Waals surface area (Å²) >= 11 is 6.04. The van der Waals surface area contributed by atoms with Gasteiger partial charge in [0.25, 0.3) is 0 Å². The normalized spacial score (nSPS) is 13.7. The minimum absolute atomic E-state index is 0. The van der Waals surface area contributed by atoms with Crippen molar-refractivity contribution in [2.24, 2.45) is 5.92 Å². The van der Waals surface area contributed by atoms with Crippen molar-refractivity contribution in [1.29, 1.82) is 0 Å². The number of rotatable bonds is 7. The Kier molecular flexibility index (Phi) is 7.21. The monoisotopic (exact) mass is 302 g/mol. The van der Waals surface area contributed by atoms with Crippen molar-refractivity contribution in [1.82, 2.24) is 10.6 Å². The number of hydrogen-bond donors (Lipinski definition) is 2. The average Bonchev–Trinajstić information content (AvgIpc) is 3.16. The molecule has 5 heteroatoms. The molecule has 0 bridgehead atoms. The second-order valence-electron chi connectivity index (χ2n) is 4.77. The Morgan fingerprint density at radius 1 is 1.32 bits per heavy atom. The van der Waals surface area contributed by atoms with Gasteiger partial charge >= 0.3 is 0 Å². The zero-order chi connectivity index (χ0) is 12.8. The smallest absolute Gasteiger partial charge is 0.233 e. The summed E-state index contributed by atoms with van der Waals surface area (Å²) < 4.78 is 0. The fourth-order valence-electron chi connectivity index (χ4n) is 1.81. The van der Waals surface area contributed by atoms with E-state index in [1.54, 1.807) is 0 Å². The quantitative estimate of drug-likeness (QED) is 0.812. The first-order valence-corrected chi connectivity index (χ1v) is 6.84. The summed E-state index contributed by atoms with van der Waals surface area (Å²) in [7, 11) is 0. The Hall–Kier alpha value is -0.770. The van der Waals surface area contributed by atoms with Crippen LogP contribution in [0.15, 0.2) is 24.3 Å². The standard InChI is InChI=1S/C14H19ClN2O.ClH/c15-13-4-2-1-3-12(13)7-8-17-14(18)10-16-9-11-5-6-11;/h1-4,11,16H,5-10H2,(H,17,18);1H. The number of benzene rings is 1. The van der Waals surface area contributed by atoms with Crippen LogP contribution in [0, 0.1) is 5.92 Å². The third-order valence-corrected chi connectivity index (χ3v) is 3.46. The zero-order valence-corrected chi connectivity index (χ0v) is 12.4. The summed E-state index contributed by atoms with van der Waals surface area (Å²) in [6.07, 6.45) is 3.39. The molecule has 1 aromatic carbocycles. The van der Waals surface area contributed by atoms with Crippen LogP contribution in [-0.2, 0) is 11.2 Å². The highest BCUT2D eigenvalue weighted by Crippen LogP contribution is 2.27. The first-order valence-electron chi connectivity index (χ1n) is 6.46.